The fourth-order valence-corrected chi connectivity index (χ4v) is 10.4. The van der Waals surface area contributed by atoms with Crippen molar-refractivity contribution in [2.24, 2.45) is 0 Å². The fourth-order valence-electron chi connectivity index (χ4n) is 10.4. The average molecular weight is 833 g/mol. The van der Waals surface area contributed by atoms with Crippen molar-refractivity contribution in [2.45, 2.75) is 0 Å². The number of hydrogen-bond acceptors (Lipinski definition) is 5. The van der Waals surface area contributed by atoms with Crippen molar-refractivity contribution < 1.29 is 13.6 Å². The van der Waals surface area contributed by atoms with Crippen molar-refractivity contribution in [2.75, 3.05) is 9.80 Å². The minimum absolute atomic E-state index is 0.807. The van der Waals surface area contributed by atoms with Gasteiger partial charge in [-0.15, -0.1) is 0 Å². The van der Waals surface area contributed by atoms with Crippen LogP contribution in [-0.4, -0.2) is 0 Å². The van der Waals surface area contributed by atoms with E-state index in [1.165, 1.54) is 5.39 Å². The second-order valence-corrected chi connectivity index (χ2v) is 16.8. The Hall–Kier alpha value is -8.80. The molecule has 3 heterocycles. The van der Waals surface area contributed by atoms with Crippen molar-refractivity contribution in [1.29, 1.82) is 0 Å². The summed E-state index contributed by atoms with van der Waals surface area (Å²) >= 11 is 0. The summed E-state index contributed by atoms with van der Waals surface area (Å²) in [5.74, 6) is 1.62. The predicted molar refractivity (Wildman–Crippen MR) is 268 cm³/mol. The maximum atomic E-state index is 7.17. The molecule has 1 aliphatic rings. The Morgan fingerprint density at radius 3 is 1.55 bits per heavy atom. The molecule has 1 aliphatic heterocycles. The number of para-hydroxylation sites is 6. The molecule has 14 rings (SSSR count). The number of hydrogen-bond donors (Lipinski definition) is 0. The number of furan rings is 2. The monoisotopic (exact) mass is 832 g/mol. The summed E-state index contributed by atoms with van der Waals surface area (Å²) < 4.78 is 20.6. The van der Waals surface area contributed by atoms with E-state index < -0.39 is 0 Å². The molecule has 0 unspecified atom stereocenters. The number of benzene rings is 11. The molecule has 13 aromatic rings. The highest BCUT2D eigenvalue weighted by atomic mass is 16.5. The van der Waals surface area contributed by atoms with Crippen molar-refractivity contribution in [3.8, 4) is 22.6 Å². The molecule has 11 aromatic carbocycles. The predicted octanol–water partition coefficient (Wildman–Crippen LogP) is 17.7. The van der Waals surface area contributed by atoms with E-state index in [0.29, 0.717) is 0 Å². The van der Waals surface area contributed by atoms with E-state index in [0.717, 1.165) is 128 Å². The van der Waals surface area contributed by atoms with Crippen molar-refractivity contribution in [1.82, 2.24) is 0 Å². The molecule has 0 bridgehead atoms. The number of anilines is 6. The van der Waals surface area contributed by atoms with Gasteiger partial charge < -0.3 is 23.4 Å². The molecule has 304 valence electrons. The van der Waals surface area contributed by atoms with Gasteiger partial charge in [-0.3, -0.25) is 0 Å². The van der Waals surface area contributed by atoms with Crippen LogP contribution in [0.4, 0.5) is 34.1 Å². The summed E-state index contributed by atoms with van der Waals surface area (Å²) in [4.78, 5) is 4.68. The standard InChI is InChI=1S/C60H36N2O3/c1-3-16-37(17-4-1)42-20-7-10-26-48(42)62(50-28-14-24-46-44-22-9-12-30-53(44)65-60(46)50)41-34-38-32-33-39-35-51(47-25-15-31-54-58(47)57(39)56(38)55(36-41)63-54)61(40-18-5-2-6-19-40)49-27-13-23-45-43-21-8-11-29-52(43)64-59(45)49/h1-36H. The Kier molecular flexibility index (Phi) is 7.62. The summed E-state index contributed by atoms with van der Waals surface area (Å²) in [5.41, 5.74) is 11.6. The molecule has 0 N–H and O–H groups in total. The van der Waals surface area contributed by atoms with Crippen LogP contribution in [0.15, 0.2) is 227 Å². The summed E-state index contributed by atoms with van der Waals surface area (Å²) in [7, 11) is 0. The Morgan fingerprint density at radius 1 is 0.308 bits per heavy atom. The Bertz CT molecular complexity index is 4060. The van der Waals surface area contributed by atoms with Gasteiger partial charge in [0.1, 0.15) is 22.7 Å². The van der Waals surface area contributed by atoms with Crippen LogP contribution < -0.4 is 14.5 Å². The van der Waals surface area contributed by atoms with Crippen LogP contribution in [0.3, 0.4) is 0 Å². The highest BCUT2D eigenvalue weighted by Crippen LogP contribution is 2.54. The molecule has 0 saturated carbocycles. The van der Waals surface area contributed by atoms with E-state index in [9.17, 15) is 0 Å². The summed E-state index contributed by atoms with van der Waals surface area (Å²) in [6, 6.07) is 77.0. The number of ether oxygens (including phenoxy) is 1. The second kappa shape index (κ2) is 13.9. The SMILES string of the molecule is c1ccc(-c2ccccc2N(c2cc3c4c(ccc5cc(N(c6ccccc6)c6cccc7c6oc6ccccc67)c6cccc(c6c54)O3)c2)c2cccc3c2oc2ccccc23)cc1. The number of nitrogens with zero attached hydrogens (tertiary/aromatic N) is 2. The van der Waals surface area contributed by atoms with Gasteiger partial charge in [-0.05, 0) is 77.0 Å². The lowest BCUT2D eigenvalue weighted by molar-refractivity contribution is 0.493. The minimum Gasteiger partial charge on any atom is -0.456 e. The van der Waals surface area contributed by atoms with Gasteiger partial charge in [-0.1, -0.05) is 152 Å². The van der Waals surface area contributed by atoms with E-state index in [1.54, 1.807) is 0 Å². The van der Waals surface area contributed by atoms with Crippen LogP contribution in [0, 0.1) is 0 Å². The van der Waals surface area contributed by atoms with Crippen LogP contribution in [-0.2, 0) is 0 Å². The largest absolute Gasteiger partial charge is 0.456 e. The normalized spacial score (nSPS) is 12.1. The third-order valence-corrected chi connectivity index (χ3v) is 13.2. The molecule has 0 fully saturated rings. The Morgan fingerprint density at radius 2 is 0.846 bits per heavy atom. The first-order chi connectivity index (χ1) is 32.2. The average Bonchev–Trinajstić information content (AvgIpc) is 3.95. The second-order valence-electron chi connectivity index (χ2n) is 16.8. The van der Waals surface area contributed by atoms with Gasteiger partial charge in [0.15, 0.2) is 11.2 Å². The molecule has 2 aromatic heterocycles. The summed E-state index contributed by atoms with van der Waals surface area (Å²) in [5, 5.41) is 11.0. The van der Waals surface area contributed by atoms with Crippen molar-refractivity contribution in [3.05, 3.63) is 218 Å². The van der Waals surface area contributed by atoms with Crippen LogP contribution in [0.5, 0.6) is 11.5 Å². The lowest BCUT2D eigenvalue weighted by atomic mass is 9.91. The first-order valence-electron chi connectivity index (χ1n) is 22.0. The Labute approximate surface area is 373 Å². The lowest BCUT2D eigenvalue weighted by Crippen LogP contribution is -2.12. The Balaban J connectivity index is 1.02. The zero-order chi connectivity index (χ0) is 42.6. The lowest BCUT2D eigenvalue weighted by Gasteiger charge is -2.31. The van der Waals surface area contributed by atoms with Crippen molar-refractivity contribution in [3.63, 3.8) is 0 Å². The van der Waals surface area contributed by atoms with Crippen LogP contribution in [0.2, 0.25) is 0 Å². The first kappa shape index (κ1) is 35.8. The highest BCUT2D eigenvalue weighted by Gasteiger charge is 2.29. The first-order valence-corrected chi connectivity index (χ1v) is 22.0. The highest BCUT2D eigenvalue weighted by molar-refractivity contribution is 6.29. The van der Waals surface area contributed by atoms with Crippen LogP contribution >= 0.6 is 0 Å². The summed E-state index contributed by atoms with van der Waals surface area (Å²) in [6.45, 7) is 0. The topological polar surface area (TPSA) is 42.0 Å². The van der Waals surface area contributed by atoms with E-state index >= 15 is 0 Å². The molecule has 0 aliphatic carbocycles. The maximum absolute atomic E-state index is 7.17. The van der Waals surface area contributed by atoms with Crippen LogP contribution in [0.25, 0.3) is 87.3 Å². The minimum atomic E-state index is 0.807. The maximum Gasteiger partial charge on any atom is 0.159 e. The van der Waals surface area contributed by atoms with Gasteiger partial charge >= 0.3 is 0 Å². The quantitative estimate of drug-likeness (QED) is 0.150. The third kappa shape index (κ3) is 5.33. The zero-order valence-corrected chi connectivity index (χ0v) is 34.9. The van der Waals surface area contributed by atoms with E-state index in [1.807, 2.05) is 24.3 Å². The van der Waals surface area contributed by atoms with E-state index in [-0.39, 0.29) is 0 Å². The van der Waals surface area contributed by atoms with Gasteiger partial charge in [0.05, 0.1) is 28.4 Å². The molecular weight excluding hydrogens is 797 g/mol. The van der Waals surface area contributed by atoms with Gasteiger partial charge in [0.25, 0.3) is 0 Å². The summed E-state index contributed by atoms with van der Waals surface area (Å²) in [6.07, 6.45) is 0. The van der Waals surface area contributed by atoms with Gasteiger partial charge in [0, 0.05) is 60.4 Å². The molecule has 0 spiro atoms. The smallest absolute Gasteiger partial charge is 0.159 e. The molecule has 0 amide bonds. The molecule has 0 radical (unpaired) electrons. The van der Waals surface area contributed by atoms with Gasteiger partial charge in [-0.2, -0.15) is 0 Å². The molecular formula is C60H36N2O3. The third-order valence-electron chi connectivity index (χ3n) is 13.2. The molecule has 5 nitrogen and oxygen atoms in total. The van der Waals surface area contributed by atoms with E-state index in [4.69, 9.17) is 13.6 Å². The number of rotatable bonds is 7. The molecule has 0 saturated heterocycles. The number of fused-ring (bicyclic) bond motifs is 6. The molecule has 65 heavy (non-hydrogen) atoms. The van der Waals surface area contributed by atoms with Crippen molar-refractivity contribution >= 4 is 110 Å². The van der Waals surface area contributed by atoms with Gasteiger partial charge in [-0.25, -0.2) is 0 Å². The molecule has 5 heteroatoms. The van der Waals surface area contributed by atoms with Gasteiger partial charge in [0.2, 0.25) is 0 Å². The molecule has 0 atom stereocenters. The van der Waals surface area contributed by atoms with Crippen LogP contribution in [0.1, 0.15) is 0 Å². The fraction of sp³-hybridized carbons (Fsp3) is 0. The zero-order valence-electron chi connectivity index (χ0n) is 34.9. The van der Waals surface area contributed by atoms with E-state index in [2.05, 4.69) is 204 Å².